The molecule has 0 aromatic heterocycles. The zero-order valence-corrected chi connectivity index (χ0v) is 13.2. The third kappa shape index (κ3) is 15.2. The second-order valence-corrected chi connectivity index (χ2v) is 5.72. The zero-order chi connectivity index (χ0) is 15.1. The minimum Gasteiger partial charge on any atom is -0.481 e. The smallest absolute Gasteiger partial charge is 0.303 e. The van der Waals surface area contributed by atoms with Crippen molar-refractivity contribution in [3.8, 4) is 0 Å². The Bertz CT molecular complexity index is 249. The molecule has 0 aromatic carbocycles. The maximum absolute atomic E-state index is 11.5. The van der Waals surface area contributed by atoms with Gasteiger partial charge in [0.2, 0.25) is 0 Å². The number of hydrogen-bond donors (Lipinski definition) is 1. The highest BCUT2D eigenvalue weighted by molar-refractivity contribution is 5.78. The summed E-state index contributed by atoms with van der Waals surface area (Å²) in [6.45, 7) is 2.23. The molecule has 3 heteroatoms. The molecule has 0 amide bonds. The van der Waals surface area contributed by atoms with Gasteiger partial charge >= 0.3 is 5.97 Å². The van der Waals surface area contributed by atoms with Crippen molar-refractivity contribution in [2.24, 2.45) is 0 Å². The molecular formula is C17H32O3. The summed E-state index contributed by atoms with van der Waals surface area (Å²) in [4.78, 5) is 21.9. The van der Waals surface area contributed by atoms with Crippen molar-refractivity contribution in [2.75, 3.05) is 0 Å². The lowest BCUT2D eigenvalue weighted by molar-refractivity contribution is -0.137. The van der Waals surface area contributed by atoms with Crippen molar-refractivity contribution in [1.82, 2.24) is 0 Å². The number of ketones is 1. The summed E-state index contributed by atoms with van der Waals surface area (Å²) in [5, 5.41) is 8.49. The van der Waals surface area contributed by atoms with Gasteiger partial charge < -0.3 is 5.11 Å². The zero-order valence-electron chi connectivity index (χ0n) is 13.2. The van der Waals surface area contributed by atoms with Crippen molar-refractivity contribution in [2.45, 2.75) is 96.8 Å². The first kappa shape index (κ1) is 19.1. The van der Waals surface area contributed by atoms with Crippen LogP contribution >= 0.6 is 0 Å². The normalized spacial score (nSPS) is 10.7. The van der Waals surface area contributed by atoms with Crippen molar-refractivity contribution in [3.63, 3.8) is 0 Å². The van der Waals surface area contributed by atoms with E-state index in [0.717, 1.165) is 19.3 Å². The molecule has 3 nitrogen and oxygen atoms in total. The highest BCUT2D eigenvalue weighted by Crippen LogP contribution is 2.11. The second-order valence-electron chi connectivity index (χ2n) is 5.72. The number of rotatable bonds is 15. The minimum atomic E-state index is -0.767. The largest absolute Gasteiger partial charge is 0.481 e. The molecule has 1 N–H and O–H groups in total. The van der Waals surface area contributed by atoms with E-state index in [4.69, 9.17) is 5.11 Å². The molecule has 0 bridgehead atoms. The average molecular weight is 284 g/mol. The lowest BCUT2D eigenvalue weighted by Crippen LogP contribution is -1.99. The molecule has 0 aliphatic carbocycles. The Hall–Kier alpha value is -0.860. The number of hydrogen-bond acceptors (Lipinski definition) is 2. The second kappa shape index (κ2) is 14.5. The van der Waals surface area contributed by atoms with Crippen LogP contribution < -0.4 is 0 Å². The molecule has 118 valence electrons. The monoisotopic (exact) mass is 284 g/mol. The molecule has 20 heavy (non-hydrogen) atoms. The van der Waals surface area contributed by atoms with Gasteiger partial charge in [0, 0.05) is 19.3 Å². The van der Waals surface area contributed by atoms with E-state index in [1.165, 1.54) is 44.9 Å². The lowest BCUT2D eigenvalue weighted by Gasteiger charge is -2.02. The number of aliphatic carboxylic acids is 1. The summed E-state index contributed by atoms with van der Waals surface area (Å²) in [7, 11) is 0. The van der Waals surface area contributed by atoms with Gasteiger partial charge in [-0.1, -0.05) is 58.3 Å². The van der Waals surface area contributed by atoms with Crippen LogP contribution in [0, 0.1) is 0 Å². The van der Waals surface area contributed by atoms with Crippen LogP contribution in [0.1, 0.15) is 96.8 Å². The first-order valence-electron chi connectivity index (χ1n) is 8.40. The van der Waals surface area contributed by atoms with Gasteiger partial charge in [0.05, 0.1) is 0 Å². The van der Waals surface area contributed by atoms with Crippen molar-refractivity contribution in [3.05, 3.63) is 0 Å². The van der Waals surface area contributed by atoms with Crippen LogP contribution in [0.25, 0.3) is 0 Å². The molecule has 0 aromatic rings. The third-order valence-electron chi connectivity index (χ3n) is 3.66. The van der Waals surface area contributed by atoms with E-state index in [2.05, 4.69) is 6.92 Å². The molecule has 0 aliphatic rings. The molecular weight excluding hydrogens is 252 g/mol. The van der Waals surface area contributed by atoms with Gasteiger partial charge in [0.1, 0.15) is 5.78 Å². The molecule has 0 rings (SSSR count). The summed E-state index contributed by atoms with van der Waals surface area (Å²) >= 11 is 0. The number of carbonyl (C=O) groups is 2. The predicted octanol–water partition coefficient (Wildman–Crippen LogP) is 5.12. The van der Waals surface area contributed by atoms with Crippen molar-refractivity contribution in [1.29, 1.82) is 0 Å². The Kier molecular flexibility index (Phi) is 13.9. The Morgan fingerprint density at radius 1 is 0.650 bits per heavy atom. The van der Waals surface area contributed by atoms with Gasteiger partial charge in [-0.25, -0.2) is 0 Å². The van der Waals surface area contributed by atoms with Crippen molar-refractivity contribution >= 4 is 11.8 Å². The molecule has 0 atom stereocenters. The van der Waals surface area contributed by atoms with Gasteiger partial charge in [-0.15, -0.1) is 0 Å². The van der Waals surface area contributed by atoms with E-state index in [-0.39, 0.29) is 6.42 Å². The Morgan fingerprint density at radius 3 is 1.55 bits per heavy atom. The van der Waals surface area contributed by atoms with Crippen LogP contribution in [0.15, 0.2) is 0 Å². The summed E-state index contributed by atoms with van der Waals surface area (Å²) in [5.74, 6) is -0.463. The molecule has 0 heterocycles. The van der Waals surface area contributed by atoms with E-state index in [9.17, 15) is 9.59 Å². The number of Topliss-reactive ketones (excluding diaryl/α,β-unsaturated/α-hetero) is 1. The predicted molar refractivity (Wildman–Crippen MR) is 83.0 cm³/mol. The lowest BCUT2D eigenvalue weighted by atomic mass is 10.0. The van der Waals surface area contributed by atoms with Gasteiger partial charge in [-0.05, 0) is 19.3 Å². The van der Waals surface area contributed by atoms with Crippen LogP contribution in [0.4, 0.5) is 0 Å². The van der Waals surface area contributed by atoms with Gasteiger partial charge in [-0.2, -0.15) is 0 Å². The number of carboxylic acids is 1. The molecule has 0 spiro atoms. The third-order valence-corrected chi connectivity index (χ3v) is 3.66. The quantitative estimate of drug-likeness (QED) is 0.424. The number of carbonyl (C=O) groups excluding carboxylic acids is 1. The Labute approximate surface area is 124 Å². The van der Waals surface area contributed by atoms with Crippen LogP contribution in [0.3, 0.4) is 0 Å². The number of unbranched alkanes of at least 4 members (excludes halogenated alkanes) is 9. The van der Waals surface area contributed by atoms with Gasteiger partial charge in [0.25, 0.3) is 0 Å². The molecule has 0 saturated carbocycles. The summed E-state index contributed by atoms with van der Waals surface area (Å²) in [6, 6.07) is 0. The maximum Gasteiger partial charge on any atom is 0.303 e. The van der Waals surface area contributed by atoms with E-state index in [0.29, 0.717) is 25.0 Å². The van der Waals surface area contributed by atoms with E-state index in [1.807, 2.05) is 0 Å². The van der Waals surface area contributed by atoms with E-state index in [1.54, 1.807) is 0 Å². The first-order chi connectivity index (χ1) is 9.66. The highest BCUT2D eigenvalue weighted by Gasteiger charge is 2.03. The summed E-state index contributed by atoms with van der Waals surface area (Å²) in [6.07, 6.45) is 14.2. The molecule has 0 saturated heterocycles. The Balaban J connectivity index is 3.17. The SMILES string of the molecule is CCCCCCCCCCCC(=O)CCCCC(=O)O. The fourth-order valence-corrected chi connectivity index (χ4v) is 2.36. The van der Waals surface area contributed by atoms with Gasteiger partial charge in [0.15, 0.2) is 0 Å². The van der Waals surface area contributed by atoms with Crippen LogP contribution in [-0.4, -0.2) is 16.9 Å². The molecule has 0 radical (unpaired) electrons. The van der Waals surface area contributed by atoms with Crippen LogP contribution in [0.2, 0.25) is 0 Å². The standard InChI is InChI=1S/C17H32O3/c1-2-3-4-5-6-7-8-9-10-13-16(18)14-11-12-15-17(19)20/h2-15H2,1H3,(H,19,20). The highest BCUT2D eigenvalue weighted by atomic mass is 16.4. The topological polar surface area (TPSA) is 54.4 Å². The summed E-state index contributed by atoms with van der Waals surface area (Å²) < 4.78 is 0. The van der Waals surface area contributed by atoms with Crippen LogP contribution in [0.5, 0.6) is 0 Å². The fourth-order valence-electron chi connectivity index (χ4n) is 2.36. The van der Waals surface area contributed by atoms with Crippen LogP contribution in [-0.2, 0) is 9.59 Å². The molecule has 0 aliphatic heterocycles. The fraction of sp³-hybridized carbons (Fsp3) is 0.882. The number of carboxylic acid groups (broad SMARTS) is 1. The van der Waals surface area contributed by atoms with E-state index >= 15 is 0 Å². The molecule has 0 fully saturated rings. The maximum atomic E-state index is 11.5. The first-order valence-corrected chi connectivity index (χ1v) is 8.40. The van der Waals surface area contributed by atoms with Gasteiger partial charge in [-0.3, -0.25) is 9.59 Å². The minimum absolute atomic E-state index is 0.186. The summed E-state index contributed by atoms with van der Waals surface area (Å²) in [5.41, 5.74) is 0. The van der Waals surface area contributed by atoms with E-state index < -0.39 is 5.97 Å². The van der Waals surface area contributed by atoms with Crippen molar-refractivity contribution < 1.29 is 14.7 Å². The average Bonchev–Trinajstić information content (AvgIpc) is 2.41. The Morgan fingerprint density at radius 2 is 1.05 bits per heavy atom. The molecule has 0 unspecified atom stereocenters.